The molecule has 0 fully saturated rings. The molecule has 0 aliphatic carbocycles. The molecule has 92 valence electrons. The summed E-state index contributed by atoms with van der Waals surface area (Å²) in [5.74, 6) is 0. The number of aromatic nitrogens is 2. The van der Waals surface area contributed by atoms with E-state index in [2.05, 4.69) is 57.8 Å². The van der Waals surface area contributed by atoms with Crippen molar-refractivity contribution in [3.05, 3.63) is 38.3 Å². The third-order valence-electron chi connectivity index (χ3n) is 2.72. The summed E-state index contributed by atoms with van der Waals surface area (Å²) in [5.41, 5.74) is 2.36. The molecule has 0 saturated carbocycles. The van der Waals surface area contributed by atoms with Crippen LogP contribution >= 0.6 is 27.3 Å². The number of hydrogen-bond donors (Lipinski definition) is 1. The molecule has 17 heavy (non-hydrogen) atoms. The zero-order valence-corrected chi connectivity index (χ0v) is 12.6. The largest absolute Gasteiger partial charge is 0.305 e. The van der Waals surface area contributed by atoms with Gasteiger partial charge >= 0.3 is 0 Å². The first-order valence-electron chi connectivity index (χ1n) is 5.52. The Labute approximate surface area is 114 Å². The maximum absolute atomic E-state index is 4.36. The van der Waals surface area contributed by atoms with Gasteiger partial charge < -0.3 is 5.32 Å². The molecule has 5 heteroatoms. The van der Waals surface area contributed by atoms with E-state index in [1.165, 1.54) is 10.4 Å². The fourth-order valence-corrected chi connectivity index (χ4v) is 3.26. The molecule has 1 atom stereocenters. The predicted octanol–water partition coefficient (Wildman–Crippen LogP) is 3.40. The van der Waals surface area contributed by atoms with Crippen molar-refractivity contribution in [1.82, 2.24) is 15.1 Å². The second kappa shape index (κ2) is 5.33. The molecule has 3 nitrogen and oxygen atoms in total. The first-order chi connectivity index (χ1) is 8.06. The molecule has 0 aromatic carbocycles. The Morgan fingerprint density at radius 1 is 1.59 bits per heavy atom. The molecule has 0 bridgehead atoms. The monoisotopic (exact) mass is 313 g/mol. The van der Waals surface area contributed by atoms with Gasteiger partial charge in [-0.1, -0.05) is 0 Å². The predicted molar refractivity (Wildman–Crippen MR) is 75.2 cm³/mol. The fourth-order valence-electron chi connectivity index (χ4n) is 1.85. The van der Waals surface area contributed by atoms with Crippen LogP contribution in [0, 0.1) is 6.92 Å². The molecule has 2 aromatic rings. The number of thiophene rings is 1. The zero-order valence-electron chi connectivity index (χ0n) is 10.2. The zero-order chi connectivity index (χ0) is 12.4. The molecular formula is C12H16BrN3S. The molecule has 0 spiro atoms. The summed E-state index contributed by atoms with van der Waals surface area (Å²) < 4.78 is 3.02. The van der Waals surface area contributed by atoms with Gasteiger partial charge in [0, 0.05) is 46.1 Å². The summed E-state index contributed by atoms with van der Waals surface area (Å²) in [6, 6.07) is 2.48. The van der Waals surface area contributed by atoms with Gasteiger partial charge in [0.25, 0.3) is 0 Å². The number of aryl methyl sites for hydroxylation is 2. The second-order valence-electron chi connectivity index (χ2n) is 4.18. The van der Waals surface area contributed by atoms with Crippen molar-refractivity contribution in [1.29, 1.82) is 0 Å². The molecule has 0 amide bonds. The summed E-state index contributed by atoms with van der Waals surface area (Å²) >= 11 is 5.23. The van der Waals surface area contributed by atoms with E-state index in [-0.39, 0.29) is 0 Å². The first-order valence-corrected chi connectivity index (χ1v) is 7.20. The lowest BCUT2D eigenvalue weighted by Gasteiger charge is -2.12. The van der Waals surface area contributed by atoms with Crippen LogP contribution in [0.3, 0.4) is 0 Å². The van der Waals surface area contributed by atoms with Crippen molar-refractivity contribution in [2.24, 2.45) is 7.05 Å². The number of nitrogens with zero attached hydrogens (tertiary/aromatic N) is 2. The molecule has 2 aromatic heterocycles. The van der Waals surface area contributed by atoms with E-state index in [0.29, 0.717) is 6.04 Å². The lowest BCUT2D eigenvalue weighted by atomic mass is 10.1. The fraction of sp³-hybridized carbons (Fsp3) is 0.417. The maximum atomic E-state index is 4.36. The Morgan fingerprint density at radius 3 is 2.88 bits per heavy atom. The highest BCUT2D eigenvalue weighted by atomic mass is 79.9. The lowest BCUT2D eigenvalue weighted by Crippen LogP contribution is -2.17. The SMILES string of the molecule is Cc1nn(C)cc1C(C)NCc1cc(Br)cs1. The van der Waals surface area contributed by atoms with Gasteiger partial charge in [0.15, 0.2) is 0 Å². The van der Waals surface area contributed by atoms with Gasteiger partial charge in [-0.25, -0.2) is 0 Å². The van der Waals surface area contributed by atoms with Gasteiger partial charge in [0.2, 0.25) is 0 Å². The third kappa shape index (κ3) is 3.18. The molecule has 1 N–H and O–H groups in total. The van der Waals surface area contributed by atoms with Crippen LogP contribution in [0.15, 0.2) is 22.1 Å². The summed E-state index contributed by atoms with van der Waals surface area (Å²) in [6.07, 6.45) is 2.08. The van der Waals surface area contributed by atoms with Crippen molar-refractivity contribution < 1.29 is 0 Å². The van der Waals surface area contributed by atoms with Crippen LogP contribution in [-0.2, 0) is 13.6 Å². The minimum atomic E-state index is 0.324. The van der Waals surface area contributed by atoms with Crippen LogP contribution in [0.1, 0.15) is 29.1 Å². The Kier molecular flexibility index (Phi) is 4.01. The Balaban J connectivity index is 1.97. The molecule has 2 heterocycles. The Bertz CT molecular complexity index is 504. The summed E-state index contributed by atoms with van der Waals surface area (Å²) in [7, 11) is 1.96. The summed E-state index contributed by atoms with van der Waals surface area (Å²) in [5, 5.41) is 9.99. The Hall–Kier alpha value is -0.650. The molecule has 1 unspecified atom stereocenters. The van der Waals surface area contributed by atoms with Gasteiger partial charge in [-0.15, -0.1) is 11.3 Å². The van der Waals surface area contributed by atoms with Crippen molar-refractivity contribution in [3.63, 3.8) is 0 Å². The lowest BCUT2D eigenvalue weighted by molar-refractivity contribution is 0.576. The Morgan fingerprint density at radius 2 is 2.35 bits per heavy atom. The standard InChI is InChI=1S/C12H16BrN3S/c1-8(12-6-16(3)15-9(12)2)14-5-11-4-10(13)7-17-11/h4,6-8,14H,5H2,1-3H3. The van der Waals surface area contributed by atoms with E-state index in [0.717, 1.165) is 16.7 Å². The number of hydrogen-bond acceptors (Lipinski definition) is 3. The van der Waals surface area contributed by atoms with E-state index >= 15 is 0 Å². The quantitative estimate of drug-likeness (QED) is 0.937. The number of halogens is 1. The minimum absolute atomic E-state index is 0.324. The second-order valence-corrected chi connectivity index (χ2v) is 6.09. The first kappa shape index (κ1) is 12.8. The highest BCUT2D eigenvalue weighted by Gasteiger charge is 2.11. The van der Waals surface area contributed by atoms with E-state index in [4.69, 9.17) is 0 Å². The van der Waals surface area contributed by atoms with Crippen LogP contribution in [0.2, 0.25) is 0 Å². The van der Waals surface area contributed by atoms with Gasteiger partial charge in [0.05, 0.1) is 5.69 Å². The molecule has 0 aliphatic rings. The molecule has 2 rings (SSSR count). The average Bonchev–Trinajstić information content (AvgIpc) is 2.81. The van der Waals surface area contributed by atoms with E-state index in [9.17, 15) is 0 Å². The van der Waals surface area contributed by atoms with E-state index in [1.54, 1.807) is 11.3 Å². The topological polar surface area (TPSA) is 29.9 Å². The number of nitrogens with one attached hydrogen (secondary N) is 1. The average molecular weight is 314 g/mol. The van der Waals surface area contributed by atoms with Crippen LogP contribution < -0.4 is 5.32 Å². The maximum Gasteiger partial charge on any atom is 0.0641 e. The van der Waals surface area contributed by atoms with Crippen molar-refractivity contribution in [2.45, 2.75) is 26.4 Å². The van der Waals surface area contributed by atoms with Crippen molar-refractivity contribution >= 4 is 27.3 Å². The molecule has 0 aliphatic heterocycles. The van der Waals surface area contributed by atoms with Crippen LogP contribution in [0.5, 0.6) is 0 Å². The van der Waals surface area contributed by atoms with Crippen molar-refractivity contribution in [3.8, 4) is 0 Å². The van der Waals surface area contributed by atoms with E-state index < -0.39 is 0 Å². The van der Waals surface area contributed by atoms with Crippen molar-refractivity contribution in [2.75, 3.05) is 0 Å². The van der Waals surface area contributed by atoms with Gasteiger partial charge in [-0.2, -0.15) is 5.10 Å². The summed E-state index contributed by atoms with van der Waals surface area (Å²) in [4.78, 5) is 1.34. The van der Waals surface area contributed by atoms with Gasteiger partial charge in [0.1, 0.15) is 0 Å². The van der Waals surface area contributed by atoms with Crippen LogP contribution in [-0.4, -0.2) is 9.78 Å². The van der Waals surface area contributed by atoms with Crippen LogP contribution in [0.25, 0.3) is 0 Å². The third-order valence-corrected chi connectivity index (χ3v) is 4.42. The highest BCUT2D eigenvalue weighted by Crippen LogP contribution is 2.21. The smallest absolute Gasteiger partial charge is 0.0641 e. The van der Waals surface area contributed by atoms with Crippen LogP contribution in [0.4, 0.5) is 0 Å². The normalized spacial score (nSPS) is 12.9. The van der Waals surface area contributed by atoms with Gasteiger partial charge in [-0.3, -0.25) is 4.68 Å². The summed E-state index contributed by atoms with van der Waals surface area (Å²) in [6.45, 7) is 5.12. The molecular weight excluding hydrogens is 298 g/mol. The molecule has 0 radical (unpaired) electrons. The van der Waals surface area contributed by atoms with Gasteiger partial charge in [-0.05, 0) is 35.8 Å². The highest BCUT2D eigenvalue weighted by molar-refractivity contribution is 9.10. The van der Waals surface area contributed by atoms with E-state index in [1.807, 2.05) is 11.7 Å². The molecule has 0 saturated heterocycles. The number of rotatable bonds is 4. The minimum Gasteiger partial charge on any atom is -0.305 e.